The second-order valence-corrected chi connectivity index (χ2v) is 5.90. The zero-order valence-electron chi connectivity index (χ0n) is 13.5. The van der Waals surface area contributed by atoms with Crippen molar-refractivity contribution in [2.45, 2.75) is 32.7 Å². The number of rotatable bonds is 12. The van der Waals surface area contributed by atoms with Crippen LogP contribution >= 0.6 is 11.8 Å². The van der Waals surface area contributed by atoms with Gasteiger partial charge in [0.1, 0.15) is 0 Å². The van der Waals surface area contributed by atoms with Gasteiger partial charge in [-0.05, 0) is 32.3 Å². The van der Waals surface area contributed by atoms with Gasteiger partial charge < -0.3 is 9.47 Å². The maximum absolute atomic E-state index is 12.4. The molecule has 0 saturated carbocycles. The molecule has 0 unspecified atom stereocenters. The van der Waals surface area contributed by atoms with Gasteiger partial charge >= 0.3 is 0 Å². The lowest BCUT2D eigenvalue weighted by Crippen LogP contribution is -2.38. The molecule has 0 aliphatic rings. The van der Waals surface area contributed by atoms with Crippen molar-refractivity contribution in [3.05, 3.63) is 35.9 Å². The van der Waals surface area contributed by atoms with Gasteiger partial charge in [0.25, 0.3) is 0 Å². The van der Waals surface area contributed by atoms with E-state index in [9.17, 15) is 4.79 Å². The van der Waals surface area contributed by atoms with Crippen LogP contribution in [0.15, 0.2) is 30.3 Å². The van der Waals surface area contributed by atoms with E-state index in [-0.39, 0.29) is 11.2 Å². The molecule has 0 aromatic heterocycles. The molecule has 0 aliphatic heterocycles. The zero-order chi connectivity index (χ0) is 16.0. The molecule has 1 rings (SSSR count). The van der Waals surface area contributed by atoms with Crippen molar-refractivity contribution in [1.82, 2.24) is 5.32 Å². The first-order valence-corrected chi connectivity index (χ1v) is 8.85. The van der Waals surface area contributed by atoms with E-state index < -0.39 is 0 Å². The van der Waals surface area contributed by atoms with Gasteiger partial charge in [0.15, 0.2) is 0 Å². The van der Waals surface area contributed by atoms with Crippen molar-refractivity contribution < 1.29 is 14.3 Å². The molecule has 1 aromatic rings. The number of carbonyl (C=O) groups excluding carboxylic acids is 1. The minimum absolute atomic E-state index is 0.167. The molecule has 5 heteroatoms. The van der Waals surface area contributed by atoms with E-state index in [0.717, 1.165) is 24.3 Å². The highest BCUT2D eigenvalue weighted by Gasteiger charge is 2.18. The highest BCUT2D eigenvalue weighted by molar-refractivity contribution is 8.13. The normalized spacial score (nSPS) is 12.3. The first-order chi connectivity index (χ1) is 10.8. The molecule has 1 atom stereocenters. The monoisotopic (exact) mass is 325 g/mol. The predicted octanol–water partition coefficient (Wildman–Crippen LogP) is 2.87. The average molecular weight is 325 g/mol. The van der Waals surface area contributed by atoms with Gasteiger partial charge in [-0.2, -0.15) is 0 Å². The van der Waals surface area contributed by atoms with Crippen LogP contribution in [0.4, 0.5) is 0 Å². The molecule has 0 bridgehead atoms. The van der Waals surface area contributed by atoms with Crippen LogP contribution in [-0.2, 0) is 20.7 Å². The van der Waals surface area contributed by atoms with E-state index in [1.807, 2.05) is 44.2 Å². The third kappa shape index (κ3) is 8.54. The summed E-state index contributed by atoms with van der Waals surface area (Å²) in [7, 11) is 0. The van der Waals surface area contributed by atoms with E-state index >= 15 is 0 Å². The lowest BCUT2D eigenvalue weighted by atomic mass is 10.1. The lowest BCUT2D eigenvalue weighted by Gasteiger charge is -2.17. The van der Waals surface area contributed by atoms with E-state index in [4.69, 9.17) is 9.47 Å². The number of nitrogens with one attached hydrogen (secondary N) is 1. The fourth-order valence-electron chi connectivity index (χ4n) is 1.93. The Morgan fingerprint density at radius 1 is 1.18 bits per heavy atom. The Hall–Kier alpha value is -0.880. The second kappa shape index (κ2) is 12.6. The summed E-state index contributed by atoms with van der Waals surface area (Å²) in [5.41, 5.74) is 1.15. The molecule has 0 aliphatic carbocycles. The number of carbonyl (C=O) groups is 1. The highest BCUT2D eigenvalue weighted by atomic mass is 32.2. The maximum atomic E-state index is 12.4. The number of hydrogen-bond donors (Lipinski definition) is 1. The minimum Gasteiger partial charge on any atom is -0.382 e. The predicted molar refractivity (Wildman–Crippen MR) is 92.1 cm³/mol. The molecule has 0 saturated heterocycles. The summed E-state index contributed by atoms with van der Waals surface area (Å²) in [5.74, 6) is 0.792. The Kier molecular flexibility index (Phi) is 11.0. The van der Waals surface area contributed by atoms with Gasteiger partial charge in [-0.15, -0.1) is 0 Å². The Labute approximate surface area is 138 Å². The van der Waals surface area contributed by atoms with Crippen molar-refractivity contribution in [3.8, 4) is 0 Å². The van der Waals surface area contributed by atoms with Gasteiger partial charge in [-0.25, -0.2) is 0 Å². The van der Waals surface area contributed by atoms with Gasteiger partial charge in [0.2, 0.25) is 5.12 Å². The summed E-state index contributed by atoms with van der Waals surface area (Å²) < 4.78 is 10.6. The molecular formula is C17H27NO3S. The van der Waals surface area contributed by atoms with Crippen LogP contribution in [0.5, 0.6) is 0 Å². The van der Waals surface area contributed by atoms with E-state index in [1.165, 1.54) is 11.8 Å². The lowest BCUT2D eigenvalue weighted by molar-refractivity contribution is -0.113. The Morgan fingerprint density at radius 2 is 1.91 bits per heavy atom. The van der Waals surface area contributed by atoms with E-state index in [0.29, 0.717) is 26.4 Å². The largest absolute Gasteiger partial charge is 0.382 e. The maximum Gasteiger partial charge on any atom is 0.206 e. The fourth-order valence-corrected chi connectivity index (χ4v) is 2.76. The summed E-state index contributed by atoms with van der Waals surface area (Å²) in [6.45, 7) is 6.40. The second-order valence-electron chi connectivity index (χ2n) is 4.80. The number of ether oxygens (including phenoxy) is 2. The van der Waals surface area contributed by atoms with Crippen molar-refractivity contribution in [1.29, 1.82) is 0 Å². The van der Waals surface area contributed by atoms with Crippen LogP contribution in [-0.4, -0.2) is 43.5 Å². The molecule has 1 N–H and O–H groups in total. The highest BCUT2D eigenvalue weighted by Crippen LogP contribution is 2.12. The molecule has 4 nitrogen and oxygen atoms in total. The molecule has 0 spiro atoms. The Morgan fingerprint density at radius 3 is 2.59 bits per heavy atom. The van der Waals surface area contributed by atoms with Crippen LogP contribution in [0.3, 0.4) is 0 Å². The summed E-state index contributed by atoms with van der Waals surface area (Å²) >= 11 is 1.38. The fraction of sp³-hybridized carbons (Fsp3) is 0.588. The zero-order valence-corrected chi connectivity index (χ0v) is 14.4. The summed E-state index contributed by atoms with van der Waals surface area (Å²) in [4.78, 5) is 12.4. The average Bonchev–Trinajstić information content (AvgIpc) is 2.54. The Bertz CT molecular complexity index is 400. The SMILES string of the molecule is CCOCCCSC(=O)[C@H](Cc1ccccc1)NCOCC. The molecule has 0 radical (unpaired) electrons. The molecule has 22 heavy (non-hydrogen) atoms. The van der Waals surface area contributed by atoms with Gasteiger partial charge in [-0.3, -0.25) is 10.1 Å². The van der Waals surface area contributed by atoms with E-state index in [2.05, 4.69) is 5.32 Å². The number of benzene rings is 1. The van der Waals surface area contributed by atoms with E-state index in [1.54, 1.807) is 0 Å². The summed E-state index contributed by atoms with van der Waals surface area (Å²) in [6, 6.07) is 9.84. The van der Waals surface area contributed by atoms with Gasteiger partial charge in [0, 0.05) is 25.6 Å². The molecular weight excluding hydrogens is 298 g/mol. The summed E-state index contributed by atoms with van der Waals surface area (Å²) in [5, 5.41) is 3.36. The Balaban J connectivity index is 2.43. The van der Waals surface area contributed by atoms with Gasteiger partial charge in [-0.1, -0.05) is 42.1 Å². The van der Waals surface area contributed by atoms with Crippen LogP contribution in [0.25, 0.3) is 0 Å². The first-order valence-electron chi connectivity index (χ1n) is 7.87. The van der Waals surface area contributed by atoms with Crippen molar-refractivity contribution >= 4 is 16.9 Å². The third-order valence-electron chi connectivity index (χ3n) is 3.08. The quantitative estimate of drug-likeness (QED) is 0.473. The standard InChI is InChI=1S/C17H27NO3S/c1-3-20-11-8-12-22-17(19)16(18-14-21-4-2)13-15-9-6-5-7-10-15/h5-7,9-10,16,18H,3-4,8,11-14H2,1-2H3/t16-/m0/s1. The van der Waals surface area contributed by atoms with Crippen LogP contribution in [0, 0.1) is 0 Å². The van der Waals surface area contributed by atoms with Crippen LogP contribution < -0.4 is 5.32 Å². The summed E-state index contributed by atoms with van der Waals surface area (Å²) in [6.07, 6.45) is 1.58. The van der Waals surface area contributed by atoms with Crippen LogP contribution in [0.1, 0.15) is 25.8 Å². The number of thioether (sulfide) groups is 1. The van der Waals surface area contributed by atoms with Crippen molar-refractivity contribution in [2.24, 2.45) is 0 Å². The molecule has 0 amide bonds. The first kappa shape index (κ1) is 19.2. The van der Waals surface area contributed by atoms with Crippen molar-refractivity contribution in [3.63, 3.8) is 0 Å². The smallest absolute Gasteiger partial charge is 0.206 e. The van der Waals surface area contributed by atoms with Crippen LogP contribution in [0.2, 0.25) is 0 Å². The molecule has 0 fully saturated rings. The molecule has 1 aromatic carbocycles. The topological polar surface area (TPSA) is 47.6 Å². The molecule has 124 valence electrons. The van der Waals surface area contributed by atoms with Crippen molar-refractivity contribution in [2.75, 3.05) is 32.3 Å². The minimum atomic E-state index is -0.217. The molecule has 0 heterocycles. The third-order valence-corrected chi connectivity index (χ3v) is 4.15. The van der Waals surface area contributed by atoms with Gasteiger partial charge in [0.05, 0.1) is 12.8 Å². The number of hydrogen-bond acceptors (Lipinski definition) is 5.